The van der Waals surface area contributed by atoms with E-state index in [2.05, 4.69) is 6.92 Å². The molecule has 160 valence electrons. The molecule has 2 aromatic carbocycles. The second-order valence-electron chi connectivity index (χ2n) is 8.41. The van der Waals surface area contributed by atoms with Gasteiger partial charge in [0, 0.05) is 25.2 Å². The number of hydrogen-bond acceptors (Lipinski definition) is 5. The first kappa shape index (κ1) is 20.8. The van der Waals surface area contributed by atoms with Gasteiger partial charge in [-0.05, 0) is 73.6 Å². The lowest BCUT2D eigenvalue weighted by atomic mass is 9.97. The molecule has 0 saturated carbocycles. The Morgan fingerprint density at radius 3 is 2.16 bits per heavy atom. The molecule has 0 N–H and O–H groups in total. The third kappa shape index (κ3) is 3.71. The van der Waals surface area contributed by atoms with Crippen molar-refractivity contribution in [3.05, 3.63) is 75.0 Å². The summed E-state index contributed by atoms with van der Waals surface area (Å²) < 4.78 is 0. The maximum absolute atomic E-state index is 13.5. The number of nitro benzene ring substituents is 1. The van der Waals surface area contributed by atoms with Crippen molar-refractivity contribution in [1.29, 1.82) is 0 Å². The molecule has 0 unspecified atom stereocenters. The minimum absolute atomic E-state index is 0.0551. The Hall–Kier alpha value is -3.48. The number of nitrogens with zero attached hydrogens (tertiary/aromatic N) is 3. The quantitative estimate of drug-likeness (QED) is 0.421. The second-order valence-corrected chi connectivity index (χ2v) is 8.41. The van der Waals surface area contributed by atoms with Crippen molar-refractivity contribution in [1.82, 2.24) is 4.90 Å². The molecule has 2 amide bonds. The first-order valence-corrected chi connectivity index (χ1v) is 10.5. The Balaban J connectivity index is 1.80. The fraction of sp³-hybridized carbons (Fsp3) is 0.333. The van der Waals surface area contributed by atoms with E-state index in [9.17, 15) is 19.7 Å². The normalized spacial score (nSPS) is 17.6. The predicted octanol–water partition coefficient (Wildman–Crippen LogP) is 4.23. The average molecular weight is 419 g/mol. The van der Waals surface area contributed by atoms with E-state index in [1.807, 2.05) is 30.9 Å². The molecule has 1 fully saturated rings. The SMILES string of the molecule is Cc1ccc(N2C(=O)C(c3ccc([N+](=O)[O-])cc3)=C(N3CCC(C)CC3)C2=O)cc1C. The Bertz CT molecular complexity index is 1100. The van der Waals surface area contributed by atoms with Gasteiger partial charge in [0.25, 0.3) is 17.5 Å². The zero-order chi connectivity index (χ0) is 22.3. The van der Waals surface area contributed by atoms with Gasteiger partial charge in [-0.15, -0.1) is 0 Å². The van der Waals surface area contributed by atoms with Crippen LogP contribution >= 0.6 is 0 Å². The Labute approximate surface area is 181 Å². The van der Waals surface area contributed by atoms with Crippen LogP contribution in [0.5, 0.6) is 0 Å². The summed E-state index contributed by atoms with van der Waals surface area (Å²) in [5, 5.41) is 11.0. The molecule has 31 heavy (non-hydrogen) atoms. The zero-order valence-corrected chi connectivity index (χ0v) is 17.9. The molecule has 2 aromatic rings. The maximum Gasteiger partial charge on any atom is 0.282 e. The highest BCUT2D eigenvalue weighted by Crippen LogP contribution is 2.37. The van der Waals surface area contributed by atoms with Crippen LogP contribution in [-0.4, -0.2) is 34.7 Å². The molecule has 7 heteroatoms. The smallest absolute Gasteiger partial charge is 0.282 e. The fourth-order valence-electron chi connectivity index (χ4n) is 4.15. The number of aryl methyl sites for hydroxylation is 2. The minimum Gasteiger partial charge on any atom is -0.366 e. The number of likely N-dealkylation sites (tertiary alicyclic amines) is 1. The molecule has 0 aromatic heterocycles. The topological polar surface area (TPSA) is 83.8 Å². The molecule has 2 heterocycles. The third-order valence-electron chi connectivity index (χ3n) is 6.27. The monoisotopic (exact) mass is 419 g/mol. The van der Waals surface area contributed by atoms with Crippen molar-refractivity contribution in [3.63, 3.8) is 0 Å². The van der Waals surface area contributed by atoms with Crippen LogP contribution in [0.1, 0.15) is 36.5 Å². The second kappa shape index (κ2) is 7.98. The maximum atomic E-state index is 13.5. The van der Waals surface area contributed by atoms with Crippen LogP contribution in [0.4, 0.5) is 11.4 Å². The molecule has 0 bridgehead atoms. The molecule has 0 aliphatic carbocycles. The van der Waals surface area contributed by atoms with Gasteiger partial charge < -0.3 is 4.90 Å². The van der Waals surface area contributed by atoms with Gasteiger partial charge in [-0.1, -0.05) is 13.0 Å². The number of carbonyl (C=O) groups is 2. The highest BCUT2D eigenvalue weighted by atomic mass is 16.6. The molecule has 0 spiro atoms. The average Bonchev–Trinajstić information content (AvgIpc) is 3.01. The molecule has 2 aliphatic heterocycles. The summed E-state index contributed by atoms with van der Waals surface area (Å²) in [6.45, 7) is 7.51. The van der Waals surface area contributed by atoms with Gasteiger partial charge in [-0.2, -0.15) is 0 Å². The lowest BCUT2D eigenvalue weighted by Gasteiger charge is -2.32. The van der Waals surface area contributed by atoms with Gasteiger partial charge in [0.2, 0.25) is 0 Å². The Morgan fingerprint density at radius 2 is 1.58 bits per heavy atom. The standard InChI is InChI=1S/C24H25N3O4/c1-15-10-12-25(13-11-15)22-21(18-5-8-19(9-6-18)27(30)31)23(28)26(24(22)29)20-7-4-16(2)17(3)14-20/h4-9,14-15H,10-13H2,1-3H3. The Morgan fingerprint density at radius 1 is 0.935 bits per heavy atom. The summed E-state index contributed by atoms with van der Waals surface area (Å²) in [6.07, 6.45) is 1.89. The number of rotatable bonds is 4. The number of nitro groups is 1. The van der Waals surface area contributed by atoms with Crippen LogP contribution in [0, 0.1) is 29.9 Å². The number of anilines is 1. The number of hydrogen-bond donors (Lipinski definition) is 0. The van der Waals surface area contributed by atoms with Crippen LogP contribution in [-0.2, 0) is 9.59 Å². The van der Waals surface area contributed by atoms with E-state index in [0.717, 1.165) is 24.0 Å². The van der Waals surface area contributed by atoms with E-state index in [4.69, 9.17) is 0 Å². The molecule has 1 saturated heterocycles. The molecule has 0 atom stereocenters. The van der Waals surface area contributed by atoms with Crippen molar-refractivity contribution >= 4 is 28.8 Å². The van der Waals surface area contributed by atoms with Gasteiger partial charge in [0.1, 0.15) is 5.70 Å². The summed E-state index contributed by atoms with van der Waals surface area (Å²) in [4.78, 5) is 40.9. The first-order valence-electron chi connectivity index (χ1n) is 10.5. The lowest BCUT2D eigenvalue weighted by molar-refractivity contribution is -0.384. The van der Waals surface area contributed by atoms with Crippen molar-refractivity contribution in [2.75, 3.05) is 18.0 Å². The lowest BCUT2D eigenvalue weighted by Crippen LogP contribution is -2.38. The number of imide groups is 1. The van der Waals surface area contributed by atoms with Crippen LogP contribution < -0.4 is 4.90 Å². The van der Waals surface area contributed by atoms with Crippen molar-refractivity contribution in [2.45, 2.75) is 33.6 Å². The van der Waals surface area contributed by atoms with Crippen molar-refractivity contribution in [3.8, 4) is 0 Å². The summed E-state index contributed by atoms with van der Waals surface area (Å²) in [5.74, 6) is -0.158. The molecular formula is C24H25N3O4. The number of amides is 2. The molecular weight excluding hydrogens is 394 g/mol. The first-order chi connectivity index (χ1) is 14.8. The highest BCUT2D eigenvalue weighted by molar-refractivity contribution is 6.45. The highest BCUT2D eigenvalue weighted by Gasteiger charge is 2.43. The molecule has 7 nitrogen and oxygen atoms in total. The van der Waals surface area contributed by atoms with Gasteiger partial charge in [-0.25, -0.2) is 4.90 Å². The van der Waals surface area contributed by atoms with Gasteiger partial charge >= 0.3 is 0 Å². The van der Waals surface area contributed by atoms with E-state index in [1.54, 1.807) is 18.2 Å². The van der Waals surface area contributed by atoms with Crippen LogP contribution in [0.15, 0.2) is 48.2 Å². The van der Waals surface area contributed by atoms with Gasteiger partial charge in [0.15, 0.2) is 0 Å². The molecule has 4 rings (SSSR count). The molecule has 0 radical (unpaired) electrons. The van der Waals surface area contributed by atoms with Crippen molar-refractivity contribution < 1.29 is 14.5 Å². The number of piperidine rings is 1. The van der Waals surface area contributed by atoms with E-state index >= 15 is 0 Å². The van der Waals surface area contributed by atoms with Crippen molar-refractivity contribution in [2.24, 2.45) is 5.92 Å². The zero-order valence-electron chi connectivity index (χ0n) is 17.9. The van der Waals surface area contributed by atoms with E-state index in [0.29, 0.717) is 41.5 Å². The number of benzene rings is 2. The van der Waals surface area contributed by atoms with Gasteiger partial charge in [0.05, 0.1) is 16.2 Å². The van der Waals surface area contributed by atoms with Gasteiger partial charge in [-0.3, -0.25) is 19.7 Å². The Kier molecular flexibility index (Phi) is 5.35. The summed E-state index contributed by atoms with van der Waals surface area (Å²) in [7, 11) is 0. The number of carbonyl (C=O) groups excluding carboxylic acids is 2. The molecule has 2 aliphatic rings. The van der Waals surface area contributed by atoms with E-state index < -0.39 is 10.8 Å². The van der Waals surface area contributed by atoms with Crippen LogP contribution in [0.2, 0.25) is 0 Å². The van der Waals surface area contributed by atoms with Crippen LogP contribution in [0.3, 0.4) is 0 Å². The summed E-state index contributed by atoms with van der Waals surface area (Å²) >= 11 is 0. The largest absolute Gasteiger partial charge is 0.366 e. The third-order valence-corrected chi connectivity index (χ3v) is 6.27. The predicted molar refractivity (Wildman–Crippen MR) is 118 cm³/mol. The minimum atomic E-state index is -0.478. The number of non-ortho nitro benzene ring substituents is 1. The van der Waals surface area contributed by atoms with Crippen LogP contribution in [0.25, 0.3) is 5.57 Å². The van der Waals surface area contributed by atoms with E-state index in [-0.39, 0.29) is 11.6 Å². The summed E-state index contributed by atoms with van der Waals surface area (Å²) in [6, 6.07) is 11.4. The van der Waals surface area contributed by atoms with E-state index in [1.165, 1.54) is 17.0 Å². The fourth-order valence-corrected chi connectivity index (χ4v) is 4.15. The summed E-state index contributed by atoms with van der Waals surface area (Å²) in [5.41, 5.74) is 3.78.